The molecular weight excluding hydrogens is 180 g/mol. The van der Waals surface area contributed by atoms with E-state index < -0.39 is 0 Å². The van der Waals surface area contributed by atoms with E-state index in [1.165, 1.54) is 0 Å². The molecular formula is C11H18O3. The average molecular weight is 198 g/mol. The Labute approximate surface area is 85.1 Å². The van der Waals surface area contributed by atoms with E-state index in [2.05, 4.69) is 13.5 Å². The van der Waals surface area contributed by atoms with Crippen molar-refractivity contribution in [3.63, 3.8) is 0 Å². The second-order valence-corrected chi connectivity index (χ2v) is 3.64. The molecule has 1 aliphatic heterocycles. The fourth-order valence-corrected chi connectivity index (χ4v) is 1.36. The smallest absolute Gasteiger partial charge is 0.160 e. The average Bonchev–Trinajstić information content (AvgIpc) is 2.10. The topological polar surface area (TPSA) is 35.5 Å². The molecule has 0 radical (unpaired) electrons. The van der Waals surface area contributed by atoms with Gasteiger partial charge in [-0.05, 0) is 18.9 Å². The highest BCUT2D eigenvalue weighted by atomic mass is 16.6. The van der Waals surface area contributed by atoms with Gasteiger partial charge in [-0.15, -0.1) is 0 Å². The zero-order valence-corrected chi connectivity index (χ0v) is 8.91. The molecule has 0 spiro atoms. The van der Waals surface area contributed by atoms with Gasteiger partial charge in [0.25, 0.3) is 0 Å². The summed E-state index contributed by atoms with van der Waals surface area (Å²) in [5.74, 6) is 0.0818. The molecule has 0 bridgehead atoms. The summed E-state index contributed by atoms with van der Waals surface area (Å²) < 4.78 is 10.8. The number of carbonyl (C=O) groups is 1. The zero-order chi connectivity index (χ0) is 10.6. The Kier molecular flexibility index (Phi) is 4.29. The minimum Gasteiger partial charge on any atom is -0.373 e. The van der Waals surface area contributed by atoms with E-state index in [0.29, 0.717) is 25.2 Å². The summed E-state index contributed by atoms with van der Waals surface area (Å²) >= 11 is 0. The lowest BCUT2D eigenvalue weighted by Crippen LogP contribution is -2.46. The number of carbonyl (C=O) groups excluding carboxylic acids is 1. The molecule has 1 saturated heterocycles. The molecule has 0 aromatic rings. The number of hydrogen-bond donors (Lipinski definition) is 0. The third kappa shape index (κ3) is 2.93. The summed E-state index contributed by atoms with van der Waals surface area (Å²) in [6.45, 7) is 8.53. The number of ketones is 1. The molecule has 3 heteroatoms. The quantitative estimate of drug-likeness (QED) is 0.609. The second-order valence-electron chi connectivity index (χ2n) is 3.64. The molecule has 0 aliphatic carbocycles. The van der Waals surface area contributed by atoms with Crippen molar-refractivity contribution in [3.05, 3.63) is 12.2 Å². The van der Waals surface area contributed by atoms with Gasteiger partial charge in [-0.2, -0.15) is 0 Å². The van der Waals surface area contributed by atoms with E-state index in [1.54, 1.807) is 6.92 Å². The molecule has 0 aromatic heterocycles. The molecule has 1 heterocycles. The van der Waals surface area contributed by atoms with Crippen molar-refractivity contribution in [2.45, 2.75) is 38.9 Å². The Morgan fingerprint density at radius 1 is 1.64 bits per heavy atom. The van der Waals surface area contributed by atoms with Gasteiger partial charge in [-0.3, -0.25) is 4.79 Å². The lowest BCUT2D eigenvalue weighted by Gasteiger charge is -2.35. The molecule has 3 nitrogen and oxygen atoms in total. The first kappa shape index (κ1) is 11.4. The maximum atomic E-state index is 11.2. The van der Waals surface area contributed by atoms with Crippen LogP contribution in [0, 0.1) is 0 Å². The van der Waals surface area contributed by atoms with Gasteiger partial charge in [-0.25, -0.2) is 0 Å². The second kappa shape index (κ2) is 5.27. The highest BCUT2D eigenvalue weighted by Gasteiger charge is 2.31. The van der Waals surface area contributed by atoms with Crippen LogP contribution in [-0.4, -0.2) is 31.2 Å². The highest BCUT2D eigenvalue weighted by molar-refractivity contribution is 5.94. The summed E-state index contributed by atoms with van der Waals surface area (Å²) in [6.07, 6.45) is 1.83. The molecule has 1 aliphatic rings. The monoisotopic (exact) mass is 198 g/mol. The van der Waals surface area contributed by atoms with Gasteiger partial charge in [0.1, 0.15) is 6.10 Å². The maximum absolute atomic E-state index is 11.2. The standard InChI is InChI=1S/C11H18O3/c1-4-10-11(7-14-10)13-6-5-9(12)8(2)3/h10-11H,2,4-7H2,1,3H3. The molecule has 1 rings (SSSR count). The largest absolute Gasteiger partial charge is 0.373 e. The third-order valence-electron chi connectivity index (χ3n) is 2.43. The van der Waals surface area contributed by atoms with Crippen LogP contribution < -0.4 is 0 Å². The van der Waals surface area contributed by atoms with Crippen LogP contribution in [0.1, 0.15) is 26.7 Å². The normalized spacial score (nSPS) is 25.6. The van der Waals surface area contributed by atoms with Crippen molar-refractivity contribution in [2.75, 3.05) is 13.2 Å². The molecule has 2 atom stereocenters. The molecule has 14 heavy (non-hydrogen) atoms. The van der Waals surface area contributed by atoms with Gasteiger partial charge in [0.15, 0.2) is 5.78 Å². The van der Waals surface area contributed by atoms with Crippen molar-refractivity contribution in [2.24, 2.45) is 0 Å². The molecule has 0 N–H and O–H groups in total. The van der Waals surface area contributed by atoms with Crippen molar-refractivity contribution in [1.82, 2.24) is 0 Å². The Morgan fingerprint density at radius 3 is 2.79 bits per heavy atom. The number of rotatable bonds is 6. The van der Waals surface area contributed by atoms with Crippen molar-refractivity contribution < 1.29 is 14.3 Å². The first-order valence-corrected chi connectivity index (χ1v) is 5.07. The van der Waals surface area contributed by atoms with Crippen LogP contribution in [0.4, 0.5) is 0 Å². The van der Waals surface area contributed by atoms with Crippen LogP contribution in [0.25, 0.3) is 0 Å². The van der Waals surface area contributed by atoms with Crippen LogP contribution >= 0.6 is 0 Å². The van der Waals surface area contributed by atoms with Gasteiger partial charge < -0.3 is 9.47 Å². The Bertz CT molecular complexity index is 221. The summed E-state index contributed by atoms with van der Waals surface area (Å²) in [5.41, 5.74) is 0.602. The van der Waals surface area contributed by atoms with E-state index in [9.17, 15) is 4.79 Å². The van der Waals surface area contributed by atoms with E-state index in [1.807, 2.05) is 0 Å². The van der Waals surface area contributed by atoms with Gasteiger partial charge in [0, 0.05) is 6.42 Å². The van der Waals surface area contributed by atoms with Crippen LogP contribution in [0.2, 0.25) is 0 Å². The first-order valence-electron chi connectivity index (χ1n) is 5.07. The number of Topliss-reactive ketones (excluding diaryl/α,β-unsaturated/α-hetero) is 1. The Balaban J connectivity index is 2.10. The Morgan fingerprint density at radius 2 is 2.36 bits per heavy atom. The predicted molar refractivity (Wildman–Crippen MR) is 54.2 cm³/mol. The van der Waals surface area contributed by atoms with Crippen molar-refractivity contribution in [1.29, 1.82) is 0 Å². The molecule has 2 unspecified atom stereocenters. The molecule has 1 fully saturated rings. The fourth-order valence-electron chi connectivity index (χ4n) is 1.36. The van der Waals surface area contributed by atoms with Crippen LogP contribution in [0.15, 0.2) is 12.2 Å². The highest BCUT2D eigenvalue weighted by Crippen LogP contribution is 2.19. The Hall–Kier alpha value is -0.670. The van der Waals surface area contributed by atoms with Gasteiger partial charge in [-0.1, -0.05) is 13.5 Å². The summed E-state index contributed by atoms with van der Waals surface area (Å²) in [4.78, 5) is 11.2. The maximum Gasteiger partial charge on any atom is 0.160 e. The number of hydrogen-bond acceptors (Lipinski definition) is 3. The lowest BCUT2D eigenvalue weighted by atomic mass is 10.1. The van der Waals surface area contributed by atoms with E-state index >= 15 is 0 Å². The minimum atomic E-state index is 0.0818. The van der Waals surface area contributed by atoms with Crippen LogP contribution in [0.3, 0.4) is 0 Å². The van der Waals surface area contributed by atoms with Crippen molar-refractivity contribution in [3.8, 4) is 0 Å². The van der Waals surface area contributed by atoms with E-state index in [4.69, 9.17) is 9.47 Å². The molecule has 0 amide bonds. The third-order valence-corrected chi connectivity index (χ3v) is 2.43. The van der Waals surface area contributed by atoms with Gasteiger partial charge >= 0.3 is 0 Å². The van der Waals surface area contributed by atoms with Crippen LogP contribution in [-0.2, 0) is 14.3 Å². The van der Waals surface area contributed by atoms with Gasteiger partial charge in [0.05, 0.1) is 19.3 Å². The first-order chi connectivity index (χ1) is 6.65. The predicted octanol–water partition coefficient (Wildman–Crippen LogP) is 1.72. The van der Waals surface area contributed by atoms with Crippen LogP contribution in [0.5, 0.6) is 0 Å². The zero-order valence-electron chi connectivity index (χ0n) is 8.91. The summed E-state index contributed by atoms with van der Waals surface area (Å²) in [7, 11) is 0. The fraction of sp³-hybridized carbons (Fsp3) is 0.727. The molecule has 0 saturated carbocycles. The van der Waals surface area contributed by atoms with E-state index in [0.717, 1.165) is 6.42 Å². The van der Waals surface area contributed by atoms with Crippen molar-refractivity contribution >= 4 is 5.78 Å². The molecule has 0 aromatic carbocycles. The summed E-state index contributed by atoms with van der Waals surface area (Å²) in [6, 6.07) is 0. The number of allylic oxidation sites excluding steroid dienone is 1. The lowest BCUT2D eigenvalue weighted by molar-refractivity contribution is -0.188. The summed E-state index contributed by atoms with van der Waals surface area (Å²) in [5, 5.41) is 0. The van der Waals surface area contributed by atoms with Gasteiger partial charge in [0.2, 0.25) is 0 Å². The number of ether oxygens (including phenoxy) is 2. The SMILES string of the molecule is C=C(C)C(=O)CCOC1COC1CC. The molecule has 80 valence electrons. The van der Waals surface area contributed by atoms with E-state index in [-0.39, 0.29) is 18.0 Å². The minimum absolute atomic E-state index is 0.0818.